The Bertz CT molecular complexity index is 1440. The van der Waals surface area contributed by atoms with Gasteiger partial charge in [0.1, 0.15) is 12.4 Å². The molecule has 0 fully saturated rings. The third-order valence-electron chi connectivity index (χ3n) is 6.33. The molecule has 0 aromatic heterocycles. The molecule has 1 aliphatic heterocycles. The average molecular weight is 565 g/mol. The highest BCUT2D eigenvalue weighted by Gasteiger charge is 2.44. The number of halogens is 2. The van der Waals surface area contributed by atoms with Crippen molar-refractivity contribution in [1.82, 2.24) is 5.32 Å². The zero-order valence-corrected chi connectivity index (χ0v) is 22.1. The van der Waals surface area contributed by atoms with Gasteiger partial charge in [-0.15, -0.1) is 0 Å². The van der Waals surface area contributed by atoms with Crippen molar-refractivity contribution in [3.63, 3.8) is 0 Å². The molecule has 182 valence electrons. The standard InChI is InChI=1S/C29H23BrClNO4/c1-3-35-29(34)24-16(2)32-27-20-6-4-5-7-21(20)28(33)26(27)25(24)22-14-18(30)10-13-23(22)36-15-17-8-11-19(31)12-9-17/h4-14,25,32H,3,15H2,1-2H3/t25-/m0/s1. The predicted molar refractivity (Wildman–Crippen MR) is 143 cm³/mol. The molecule has 0 saturated heterocycles. The van der Waals surface area contributed by atoms with Crippen molar-refractivity contribution in [2.24, 2.45) is 0 Å². The van der Waals surface area contributed by atoms with Crippen LogP contribution in [-0.4, -0.2) is 18.4 Å². The first-order valence-electron chi connectivity index (χ1n) is 11.6. The maximum Gasteiger partial charge on any atom is 0.336 e. The highest BCUT2D eigenvalue weighted by atomic mass is 79.9. The number of carbonyl (C=O) groups excluding carboxylic acids is 2. The fraction of sp³-hybridized carbons (Fsp3) is 0.172. The van der Waals surface area contributed by atoms with E-state index in [1.165, 1.54) is 0 Å². The summed E-state index contributed by atoms with van der Waals surface area (Å²) in [6.45, 7) is 4.12. The number of allylic oxidation sites excluding steroid dienone is 2. The van der Waals surface area contributed by atoms with E-state index in [1.54, 1.807) is 6.92 Å². The molecule has 0 spiro atoms. The molecule has 1 atom stereocenters. The molecule has 0 saturated carbocycles. The monoisotopic (exact) mass is 563 g/mol. The van der Waals surface area contributed by atoms with Gasteiger partial charge >= 0.3 is 5.97 Å². The number of Topliss-reactive ketones (excluding diaryl/α,β-unsaturated/α-hetero) is 1. The normalized spacial score (nSPS) is 16.4. The zero-order chi connectivity index (χ0) is 25.4. The molecule has 0 bridgehead atoms. The number of benzene rings is 3. The van der Waals surface area contributed by atoms with Gasteiger partial charge in [0.05, 0.1) is 23.8 Å². The maximum absolute atomic E-state index is 13.7. The van der Waals surface area contributed by atoms with Crippen LogP contribution in [0.3, 0.4) is 0 Å². The summed E-state index contributed by atoms with van der Waals surface area (Å²) in [7, 11) is 0. The molecule has 7 heteroatoms. The summed E-state index contributed by atoms with van der Waals surface area (Å²) in [6, 6.07) is 20.5. The number of fused-ring (bicyclic) bond motifs is 2. The van der Waals surface area contributed by atoms with Crippen LogP contribution in [0.25, 0.3) is 5.70 Å². The van der Waals surface area contributed by atoms with Crippen LogP contribution in [0.1, 0.15) is 46.8 Å². The minimum atomic E-state index is -0.669. The Labute approximate surface area is 222 Å². The predicted octanol–water partition coefficient (Wildman–Crippen LogP) is 6.81. The lowest BCUT2D eigenvalue weighted by atomic mass is 9.79. The summed E-state index contributed by atoms with van der Waals surface area (Å²) in [5.74, 6) is -0.675. The molecule has 2 aliphatic rings. The van der Waals surface area contributed by atoms with E-state index in [2.05, 4.69) is 21.2 Å². The van der Waals surface area contributed by atoms with Crippen LogP contribution in [0.5, 0.6) is 5.75 Å². The van der Waals surface area contributed by atoms with E-state index in [1.807, 2.05) is 73.7 Å². The minimum absolute atomic E-state index is 0.115. The van der Waals surface area contributed by atoms with Crippen molar-refractivity contribution < 1.29 is 19.1 Å². The van der Waals surface area contributed by atoms with Crippen molar-refractivity contribution in [2.75, 3.05) is 6.61 Å². The zero-order valence-electron chi connectivity index (χ0n) is 19.7. The highest BCUT2D eigenvalue weighted by molar-refractivity contribution is 9.10. The number of esters is 1. The quantitative estimate of drug-likeness (QED) is 0.333. The van der Waals surface area contributed by atoms with Crippen LogP contribution in [0.4, 0.5) is 0 Å². The van der Waals surface area contributed by atoms with Gasteiger partial charge in [0.15, 0.2) is 5.78 Å². The summed E-state index contributed by atoms with van der Waals surface area (Å²) in [6.07, 6.45) is 0. The van der Waals surface area contributed by atoms with Gasteiger partial charge < -0.3 is 14.8 Å². The van der Waals surface area contributed by atoms with Gasteiger partial charge in [-0.3, -0.25) is 4.79 Å². The summed E-state index contributed by atoms with van der Waals surface area (Å²) in [4.78, 5) is 27.0. The number of ketones is 1. The molecule has 0 amide bonds. The molecule has 0 radical (unpaired) electrons. The molecule has 3 aromatic carbocycles. The fourth-order valence-electron chi connectivity index (χ4n) is 4.74. The van der Waals surface area contributed by atoms with E-state index in [9.17, 15) is 9.59 Å². The van der Waals surface area contributed by atoms with Gasteiger partial charge in [-0.1, -0.05) is 63.9 Å². The number of hydrogen-bond acceptors (Lipinski definition) is 5. The van der Waals surface area contributed by atoms with Crippen LogP contribution < -0.4 is 10.1 Å². The number of carbonyl (C=O) groups is 2. The fourth-order valence-corrected chi connectivity index (χ4v) is 5.24. The van der Waals surface area contributed by atoms with Crippen molar-refractivity contribution in [3.05, 3.63) is 115 Å². The first-order chi connectivity index (χ1) is 17.4. The Balaban J connectivity index is 1.64. The molecule has 5 rings (SSSR count). The van der Waals surface area contributed by atoms with Gasteiger partial charge in [0.2, 0.25) is 0 Å². The molecule has 3 aromatic rings. The molecule has 36 heavy (non-hydrogen) atoms. The van der Waals surface area contributed by atoms with Crippen molar-refractivity contribution in [3.8, 4) is 5.75 Å². The molecule has 1 heterocycles. The SMILES string of the molecule is CCOC(=O)C1=C(C)NC2=C(C(=O)c3ccccc32)[C@H]1c1cc(Br)ccc1OCc1ccc(Cl)cc1. The first-order valence-corrected chi connectivity index (χ1v) is 12.8. The second-order valence-corrected chi connectivity index (χ2v) is 9.93. The molecule has 1 aliphatic carbocycles. The van der Waals surface area contributed by atoms with E-state index in [-0.39, 0.29) is 12.4 Å². The Kier molecular flexibility index (Phi) is 6.73. The van der Waals surface area contributed by atoms with Crippen LogP contribution >= 0.6 is 27.5 Å². The number of ether oxygens (including phenoxy) is 2. The molecule has 5 nitrogen and oxygen atoms in total. The van der Waals surface area contributed by atoms with Crippen LogP contribution in [0.2, 0.25) is 5.02 Å². The second kappa shape index (κ2) is 9.96. The number of nitrogens with one attached hydrogen (secondary N) is 1. The number of rotatable bonds is 6. The van der Waals surface area contributed by atoms with Crippen molar-refractivity contribution >= 4 is 45.0 Å². The lowest BCUT2D eigenvalue weighted by Crippen LogP contribution is -2.29. The molecular weight excluding hydrogens is 542 g/mol. The topological polar surface area (TPSA) is 64.6 Å². The smallest absolute Gasteiger partial charge is 0.336 e. The second-order valence-electron chi connectivity index (χ2n) is 8.58. The van der Waals surface area contributed by atoms with Crippen molar-refractivity contribution in [2.45, 2.75) is 26.4 Å². The van der Waals surface area contributed by atoms with E-state index in [4.69, 9.17) is 21.1 Å². The Morgan fingerprint density at radius 1 is 1.06 bits per heavy atom. The van der Waals surface area contributed by atoms with E-state index < -0.39 is 11.9 Å². The molecule has 1 N–H and O–H groups in total. The summed E-state index contributed by atoms with van der Waals surface area (Å²) < 4.78 is 12.5. The average Bonchev–Trinajstić information content (AvgIpc) is 3.15. The van der Waals surface area contributed by atoms with Gasteiger partial charge in [-0.05, 0) is 49.7 Å². The molecule has 0 unspecified atom stereocenters. The van der Waals surface area contributed by atoms with Gasteiger partial charge in [-0.2, -0.15) is 0 Å². The third-order valence-corrected chi connectivity index (χ3v) is 7.08. The van der Waals surface area contributed by atoms with E-state index >= 15 is 0 Å². The van der Waals surface area contributed by atoms with Crippen LogP contribution in [-0.2, 0) is 16.1 Å². The van der Waals surface area contributed by atoms with Gasteiger partial charge in [0, 0.05) is 37.5 Å². The van der Waals surface area contributed by atoms with Crippen molar-refractivity contribution in [1.29, 1.82) is 0 Å². The number of dihydropyridines is 1. The lowest BCUT2D eigenvalue weighted by Gasteiger charge is -2.30. The van der Waals surface area contributed by atoms with Gasteiger partial charge in [0.25, 0.3) is 0 Å². The third kappa shape index (κ3) is 4.36. The Morgan fingerprint density at radius 3 is 2.50 bits per heavy atom. The largest absolute Gasteiger partial charge is 0.489 e. The molecular formula is C29H23BrClNO4. The van der Waals surface area contributed by atoms with E-state index in [0.717, 1.165) is 21.3 Å². The van der Waals surface area contributed by atoms with E-state index in [0.29, 0.717) is 45.3 Å². The Hall–Kier alpha value is -3.35. The highest BCUT2D eigenvalue weighted by Crippen LogP contribution is 2.49. The summed E-state index contributed by atoms with van der Waals surface area (Å²) in [5, 5.41) is 3.97. The van der Waals surface area contributed by atoms with Crippen LogP contribution in [0, 0.1) is 0 Å². The Morgan fingerprint density at radius 2 is 1.78 bits per heavy atom. The minimum Gasteiger partial charge on any atom is -0.489 e. The summed E-state index contributed by atoms with van der Waals surface area (Å²) >= 11 is 9.59. The van der Waals surface area contributed by atoms with Gasteiger partial charge in [-0.25, -0.2) is 4.79 Å². The maximum atomic E-state index is 13.7. The van der Waals surface area contributed by atoms with Crippen LogP contribution in [0.15, 0.2) is 88.0 Å². The lowest BCUT2D eigenvalue weighted by molar-refractivity contribution is -0.138. The first kappa shape index (κ1) is 24.3. The summed E-state index contributed by atoms with van der Waals surface area (Å²) in [5.41, 5.74) is 5.35. The number of hydrogen-bond donors (Lipinski definition) is 1.